The summed E-state index contributed by atoms with van der Waals surface area (Å²) < 4.78 is 5.73. The molecule has 4 rings (SSSR count). The van der Waals surface area contributed by atoms with Gasteiger partial charge in [-0.25, -0.2) is 9.97 Å². The lowest BCUT2D eigenvalue weighted by Crippen LogP contribution is -2.35. The molecule has 0 bridgehead atoms. The second kappa shape index (κ2) is 8.21. The van der Waals surface area contributed by atoms with Crippen LogP contribution in [0.3, 0.4) is 0 Å². The fourth-order valence-corrected chi connectivity index (χ4v) is 3.13. The largest absolute Gasteiger partial charge is 0.454 e. The minimum absolute atomic E-state index is 0.150. The molecule has 0 spiro atoms. The van der Waals surface area contributed by atoms with Crippen molar-refractivity contribution in [3.8, 4) is 22.6 Å². The first-order valence-corrected chi connectivity index (χ1v) is 9.60. The van der Waals surface area contributed by atoms with Crippen molar-refractivity contribution in [2.24, 2.45) is 5.92 Å². The van der Waals surface area contributed by atoms with E-state index in [9.17, 15) is 4.79 Å². The molecule has 142 valence electrons. The lowest BCUT2D eigenvalue weighted by molar-refractivity contribution is -0.122. The lowest BCUT2D eigenvalue weighted by atomic mass is 10.0. The van der Waals surface area contributed by atoms with Crippen molar-refractivity contribution in [1.29, 1.82) is 0 Å². The summed E-state index contributed by atoms with van der Waals surface area (Å²) in [6.07, 6.45) is 7.65. The van der Waals surface area contributed by atoms with E-state index in [2.05, 4.69) is 46.5 Å². The quantitative estimate of drug-likeness (QED) is 0.667. The Kier molecular flexibility index (Phi) is 5.33. The Balaban J connectivity index is 1.36. The molecule has 1 fully saturated rings. The molecule has 1 aromatic heterocycles. The summed E-state index contributed by atoms with van der Waals surface area (Å²) in [6.45, 7) is 2.06. The number of nitrogens with zero attached hydrogens (tertiary/aromatic N) is 2. The van der Waals surface area contributed by atoms with Crippen LogP contribution in [0.25, 0.3) is 11.1 Å². The van der Waals surface area contributed by atoms with Crippen LogP contribution in [-0.4, -0.2) is 21.9 Å². The molecular weight excluding hydrogens is 350 g/mol. The van der Waals surface area contributed by atoms with Crippen molar-refractivity contribution in [1.82, 2.24) is 15.3 Å². The highest BCUT2D eigenvalue weighted by Gasteiger charge is 2.30. The highest BCUT2D eigenvalue weighted by Crippen LogP contribution is 2.29. The molecule has 1 saturated carbocycles. The van der Waals surface area contributed by atoms with E-state index in [1.165, 1.54) is 11.9 Å². The van der Waals surface area contributed by atoms with Crippen LogP contribution in [0.15, 0.2) is 67.3 Å². The standard InChI is InChI=1S/C23H23N3O2/c1-16(26-23(27)20-6-7-20)12-17-2-4-18(5-3-17)19-8-10-21(11-9-19)28-22-13-24-15-25-14-22/h2-5,8-11,13-16,20H,6-7,12H2,1H3,(H,26,27). The predicted octanol–water partition coefficient (Wildman–Crippen LogP) is 4.39. The van der Waals surface area contributed by atoms with Crippen LogP contribution in [0, 0.1) is 5.92 Å². The van der Waals surface area contributed by atoms with Crippen molar-refractivity contribution in [3.63, 3.8) is 0 Å². The zero-order valence-electron chi connectivity index (χ0n) is 15.8. The second-order valence-electron chi connectivity index (χ2n) is 7.29. The van der Waals surface area contributed by atoms with Gasteiger partial charge in [0.05, 0.1) is 12.4 Å². The van der Waals surface area contributed by atoms with Crippen LogP contribution in [0.4, 0.5) is 0 Å². The van der Waals surface area contributed by atoms with E-state index >= 15 is 0 Å². The number of nitrogens with one attached hydrogen (secondary N) is 1. The molecule has 5 heteroatoms. The second-order valence-corrected chi connectivity index (χ2v) is 7.29. The van der Waals surface area contributed by atoms with E-state index in [-0.39, 0.29) is 17.9 Å². The van der Waals surface area contributed by atoms with Crippen LogP contribution in [0.1, 0.15) is 25.3 Å². The molecule has 0 radical (unpaired) electrons. The molecule has 1 unspecified atom stereocenters. The lowest BCUT2D eigenvalue weighted by Gasteiger charge is -2.14. The third-order valence-corrected chi connectivity index (χ3v) is 4.79. The summed E-state index contributed by atoms with van der Waals surface area (Å²) in [5.74, 6) is 1.82. The number of aromatic nitrogens is 2. The summed E-state index contributed by atoms with van der Waals surface area (Å²) in [4.78, 5) is 19.7. The number of hydrogen-bond acceptors (Lipinski definition) is 4. The SMILES string of the molecule is CC(Cc1ccc(-c2ccc(Oc3cncnc3)cc2)cc1)NC(=O)C1CC1. The first-order chi connectivity index (χ1) is 13.7. The van der Waals surface area contributed by atoms with Crippen molar-refractivity contribution in [2.45, 2.75) is 32.2 Å². The third kappa shape index (κ3) is 4.74. The van der Waals surface area contributed by atoms with Crippen LogP contribution in [0.5, 0.6) is 11.5 Å². The van der Waals surface area contributed by atoms with Gasteiger partial charge in [0.2, 0.25) is 5.91 Å². The Labute approximate surface area is 164 Å². The van der Waals surface area contributed by atoms with Crippen molar-refractivity contribution in [2.75, 3.05) is 0 Å². The van der Waals surface area contributed by atoms with Gasteiger partial charge in [-0.05, 0) is 55.0 Å². The molecule has 0 saturated heterocycles. The van der Waals surface area contributed by atoms with Crippen molar-refractivity contribution in [3.05, 3.63) is 72.8 Å². The Morgan fingerprint density at radius 2 is 1.61 bits per heavy atom. The van der Waals surface area contributed by atoms with Gasteiger partial charge < -0.3 is 10.1 Å². The summed E-state index contributed by atoms with van der Waals surface area (Å²) in [5, 5.41) is 3.10. The Morgan fingerprint density at radius 3 is 2.21 bits per heavy atom. The molecule has 1 atom stereocenters. The average Bonchev–Trinajstić information content (AvgIpc) is 3.55. The van der Waals surface area contributed by atoms with Gasteiger partial charge in [0.1, 0.15) is 12.1 Å². The molecule has 1 amide bonds. The van der Waals surface area contributed by atoms with Gasteiger partial charge in [-0.2, -0.15) is 0 Å². The maximum absolute atomic E-state index is 11.9. The van der Waals surface area contributed by atoms with Crippen LogP contribution in [0.2, 0.25) is 0 Å². The van der Waals surface area contributed by atoms with Gasteiger partial charge in [-0.15, -0.1) is 0 Å². The number of benzene rings is 2. The van der Waals surface area contributed by atoms with Gasteiger partial charge in [-0.1, -0.05) is 36.4 Å². The van der Waals surface area contributed by atoms with E-state index in [1.54, 1.807) is 12.4 Å². The van der Waals surface area contributed by atoms with E-state index < -0.39 is 0 Å². The molecule has 1 aliphatic carbocycles. The molecule has 2 aromatic carbocycles. The molecule has 1 aliphatic rings. The van der Waals surface area contributed by atoms with Crippen LogP contribution in [-0.2, 0) is 11.2 Å². The van der Waals surface area contributed by atoms with Crippen molar-refractivity contribution < 1.29 is 9.53 Å². The highest BCUT2D eigenvalue weighted by atomic mass is 16.5. The van der Waals surface area contributed by atoms with Crippen molar-refractivity contribution >= 4 is 5.91 Å². The average molecular weight is 373 g/mol. The van der Waals surface area contributed by atoms with Gasteiger partial charge in [0.15, 0.2) is 5.75 Å². The number of rotatable bonds is 7. The first-order valence-electron chi connectivity index (χ1n) is 9.60. The van der Waals surface area contributed by atoms with Gasteiger partial charge in [-0.3, -0.25) is 4.79 Å². The molecule has 1 N–H and O–H groups in total. The number of carbonyl (C=O) groups excluding carboxylic acids is 1. The highest BCUT2D eigenvalue weighted by molar-refractivity contribution is 5.81. The maximum atomic E-state index is 11.9. The monoisotopic (exact) mass is 373 g/mol. The summed E-state index contributed by atoms with van der Waals surface area (Å²) in [5.41, 5.74) is 3.49. The number of carbonyl (C=O) groups is 1. The van der Waals surface area contributed by atoms with E-state index in [1.807, 2.05) is 24.3 Å². The Bertz CT molecular complexity index is 920. The zero-order chi connectivity index (χ0) is 19.3. The van der Waals surface area contributed by atoms with Gasteiger partial charge in [0.25, 0.3) is 0 Å². The number of ether oxygens (including phenoxy) is 1. The molecular formula is C23H23N3O2. The topological polar surface area (TPSA) is 64.1 Å². The van der Waals surface area contributed by atoms with E-state index in [0.29, 0.717) is 5.75 Å². The molecule has 0 aliphatic heterocycles. The maximum Gasteiger partial charge on any atom is 0.223 e. The third-order valence-electron chi connectivity index (χ3n) is 4.79. The minimum atomic E-state index is 0.150. The number of amides is 1. The van der Waals surface area contributed by atoms with Gasteiger partial charge in [0, 0.05) is 12.0 Å². The van der Waals surface area contributed by atoms with E-state index in [4.69, 9.17) is 4.74 Å². The predicted molar refractivity (Wildman–Crippen MR) is 108 cm³/mol. The molecule has 28 heavy (non-hydrogen) atoms. The fourth-order valence-electron chi connectivity index (χ4n) is 3.13. The summed E-state index contributed by atoms with van der Waals surface area (Å²) in [7, 11) is 0. The fraction of sp³-hybridized carbons (Fsp3) is 0.261. The smallest absolute Gasteiger partial charge is 0.223 e. The molecule has 1 heterocycles. The van der Waals surface area contributed by atoms with Gasteiger partial charge >= 0.3 is 0 Å². The Hall–Kier alpha value is -3.21. The summed E-state index contributed by atoms with van der Waals surface area (Å²) in [6, 6.07) is 16.6. The molecule has 5 nitrogen and oxygen atoms in total. The van der Waals surface area contributed by atoms with Crippen LogP contribution >= 0.6 is 0 Å². The normalized spacial score (nSPS) is 14.3. The van der Waals surface area contributed by atoms with E-state index in [0.717, 1.165) is 36.1 Å². The minimum Gasteiger partial charge on any atom is -0.454 e. The number of hydrogen-bond donors (Lipinski definition) is 1. The summed E-state index contributed by atoms with van der Waals surface area (Å²) >= 11 is 0. The Morgan fingerprint density at radius 1 is 1.00 bits per heavy atom. The van der Waals surface area contributed by atoms with Crippen LogP contribution < -0.4 is 10.1 Å². The first kappa shape index (κ1) is 18.2. The zero-order valence-corrected chi connectivity index (χ0v) is 15.8. The molecule has 3 aromatic rings.